The van der Waals surface area contributed by atoms with Gasteiger partial charge in [0.1, 0.15) is 23.3 Å². The third-order valence-corrected chi connectivity index (χ3v) is 6.94. The fourth-order valence-corrected chi connectivity index (χ4v) is 5.13. The zero-order chi connectivity index (χ0) is 28.7. The van der Waals surface area contributed by atoms with Crippen LogP contribution in [-0.2, 0) is 7.05 Å². The molecule has 1 fully saturated rings. The van der Waals surface area contributed by atoms with E-state index in [0.717, 1.165) is 18.3 Å². The molecule has 0 aliphatic carbocycles. The van der Waals surface area contributed by atoms with Gasteiger partial charge in [-0.15, -0.1) is 0 Å². The van der Waals surface area contributed by atoms with Crippen LogP contribution in [0.25, 0.3) is 11.4 Å². The predicted molar refractivity (Wildman–Crippen MR) is 135 cm³/mol. The monoisotopic (exact) mass is 556 g/mol. The first-order chi connectivity index (χ1) is 19.1. The molecule has 0 spiro atoms. The Morgan fingerprint density at radius 3 is 2.45 bits per heavy atom. The van der Waals surface area contributed by atoms with Crippen molar-refractivity contribution >= 4 is 5.91 Å². The van der Waals surface area contributed by atoms with E-state index < -0.39 is 58.1 Å². The highest BCUT2D eigenvalue weighted by atomic mass is 19.1. The third-order valence-electron chi connectivity index (χ3n) is 6.94. The summed E-state index contributed by atoms with van der Waals surface area (Å²) in [6.07, 6.45) is 4.30. The molecule has 40 heavy (non-hydrogen) atoms. The molecule has 1 aliphatic rings. The number of hydrogen-bond acceptors (Lipinski definition) is 6. The highest BCUT2D eigenvalue weighted by molar-refractivity contribution is 5.96. The molecule has 1 N–H and O–H groups in total. The number of likely N-dealkylation sites (tertiary alicyclic amines) is 1. The summed E-state index contributed by atoms with van der Waals surface area (Å²) < 4.78 is 58.6. The topological polar surface area (TPSA) is 106 Å². The van der Waals surface area contributed by atoms with Crippen molar-refractivity contribution in [1.82, 2.24) is 29.2 Å². The molecule has 0 saturated carbocycles. The number of aromatic hydroxyl groups is 1. The average molecular weight is 557 g/mol. The lowest BCUT2D eigenvalue weighted by Crippen LogP contribution is -2.35. The first-order valence-corrected chi connectivity index (χ1v) is 12.5. The van der Waals surface area contributed by atoms with E-state index >= 15 is 0 Å². The second-order valence-electron chi connectivity index (χ2n) is 9.60. The van der Waals surface area contributed by atoms with Crippen LogP contribution in [0.2, 0.25) is 0 Å². The van der Waals surface area contributed by atoms with E-state index in [-0.39, 0.29) is 43.0 Å². The number of amides is 1. The van der Waals surface area contributed by atoms with Gasteiger partial charge < -0.3 is 10.0 Å². The molecule has 1 aromatic carbocycles. The lowest BCUT2D eigenvalue weighted by molar-refractivity contribution is 0.0783. The van der Waals surface area contributed by atoms with Crippen molar-refractivity contribution < 1.29 is 27.5 Å². The second kappa shape index (κ2) is 10.5. The summed E-state index contributed by atoms with van der Waals surface area (Å²) in [5.41, 5.74) is -1.21. The van der Waals surface area contributed by atoms with Crippen molar-refractivity contribution in [3.63, 3.8) is 0 Å². The lowest BCUT2D eigenvalue weighted by atomic mass is 10.0. The minimum absolute atomic E-state index is 0.0115. The summed E-state index contributed by atoms with van der Waals surface area (Å²) in [6, 6.07) is 2.68. The smallest absolute Gasteiger partial charge is 0.290 e. The van der Waals surface area contributed by atoms with E-state index in [1.807, 2.05) is 0 Å². The molecule has 9 nitrogen and oxygen atoms in total. The number of rotatable bonds is 6. The SMILES string of the molecule is CCC(c1cc(F)cc(F)c1)n1c(-c2cnn(C)c2)nc(=O)c(C(=O)N2CCC(c3ncc(F)cc3F)C2)c1O. The fourth-order valence-electron chi connectivity index (χ4n) is 5.13. The molecular weight excluding hydrogens is 532 g/mol. The molecule has 1 amide bonds. The van der Waals surface area contributed by atoms with Crippen LogP contribution in [0.4, 0.5) is 17.6 Å². The van der Waals surface area contributed by atoms with Gasteiger partial charge in [0.05, 0.1) is 29.7 Å². The molecule has 1 saturated heterocycles. The maximum Gasteiger partial charge on any atom is 0.290 e. The molecule has 2 atom stereocenters. The zero-order valence-electron chi connectivity index (χ0n) is 21.5. The van der Waals surface area contributed by atoms with Gasteiger partial charge >= 0.3 is 0 Å². The van der Waals surface area contributed by atoms with Gasteiger partial charge in [0.2, 0.25) is 5.88 Å². The van der Waals surface area contributed by atoms with Crippen molar-refractivity contribution in [1.29, 1.82) is 0 Å². The summed E-state index contributed by atoms with van der Waals surface area (Å²) in [4.78, 5) is 35.9. The number of nitrogens with zero attached hydrogens (tertiary/aromatic N) is 6. The Balaban J connectivity index is 1.60. The van der Waals surface area contributed by atoms with E-state index in [1.54, 1.807) is 14.0 Å². The van der Waals surface area contributed by atoms with E-state index in [2.05, 4.69) is 15.1 Å². The number of aryl methyl sites for hydroxylation is 1. The molecule has 0 radical (unpaired) electrons. The Kier molecular flexibility index (Phi) is 7.13. The molecule has 13 heteroatoms. The van der Waals surface area contributed by atoms with Gasteiger partial charge in [-0.25, -0.2) is 17.6 Å². The van der Waals surface area contributed by atoms with Gasteiger partial charge in [-0.05, 0) is 30.5 Å². The molecular formula is C27H24F4N6O3. The normalized spacial score (nSPS) is 15.9. The average Bonchev–Trinajstić information content (AvgIpc) is 3.54. The highest BCUT2D eigenvalue weighted by Gasteiger charge is 2.35. The number of aromatic nitrogens is 5. The number of hydrogen-bond donors (Lipinski definition) is 1. The Morgan fingerprint density at radius 1 is 1.10 bits per heavy atom. The quantitative estimate of drug-likeness (QED) is 0.361. The van der Waals surface area contributed by atoms with Crippen molar-refractivity contribution in [2.24, 2.45) is 7.05 Å². The van der Waals surface area contributed by atoms with Gasteiger partial charge in [-0.3, -0.25) is 23.8 Å². The molecule has 208 valence electrons. The highest BCUT2D eigenvalue weighted by Crippen LogP contribution is 2.35. The van der Waals surface area contributed by atoms with Crippen LogP contribution in [0.5, 0.6) is 5.88 Å². The van der Waals surface area contributed by atoms with Crippen LogP contribution in [0, 0.1) is 23.3 Å². The van der Waals surface area contributed by atoms with Crippen molar-refractivity contribution in [2.45, 2.75) is 31.7 Å². The van der Waals surface area contributed by atoms with Crippen LogP contribution < -0.4 is 5.56 Å². The van der Waals surface area contributed by atoms with Crippen LogP contribution in [-0.4, -0.2) is 53.3 Å². The number of halogens is 4. The van der Waals surface area contributed by atoms with Crippen molar-refractivity contribution in [3.8, 4) is 17.3 Å². The Morgan fingerprint density at radius 2 is 1.82 bits per heavy atom. The standard InChI is InChI=1S/C27H24F4N6O3/c1-3-21(15-6-17(28)8-18(29)7-15)37-24(16-10-33-35(2)12-16)34-25(38)22(27(37)40)26(39)36-5-4-14(13-36)23-20(31)9-19(30)11-32-23/h6-12,14,21,40H,3-5,13H2,1-2H3. The first kappa shape index (κ1) is 27.0. The molecule has 2 unspecified atom stereocenters. The van der Waals surface area contributed by atoms with E-state index in [9.17, 15) is 32.3 Å². The Bertz CT molecular complexity index is 1650. The largest absolute Gasteiger partial charge is 0.494 e. The third kappa shape index (κ3) is 4.94. The number of carbonyl (C=O) groups excluding carboxylic acids is 1. The fraction of sp³-hybridized carbons (Fsp3) is 0.296. The molecule has 4 heterocycles. The Hall–Kier alpha value is -4.55. The van der Waals surface area contributed by atoms with Gasteiger partial charge in [-0.2, -0.15) is 10.1 Å². The lowest BCUT2D eigenvalue weighted by Gasteiger charge is -2.26. The predicted octanol–water partition coefficient (Wildman–Crippen LogP) is 3.93. The number of benzene rings is 1. The first-order valence-electron chi connectivity index (χ1n) is 12.5. The molecule has 5 rings (SSSR count). The minimum Gasteiger partial charge on any atom is -0.494 e. The number of pyridine rings is 1. The summed E-state index contributed by atoms with van der Waals surface area (Å²) in [5.74, 6) is -5.57. The maximum absolute atomic E-state index is 14.3. The van der Waals surface area contributed by atoms with Gasteiger partial charge in [0.15, 0.2) is 11.4 Å². The molecule has 4 aromatic rings. The second-order valence-corrected chi connectivity index (χ2v) is 9.60. The number of carbonyl (C=O) groups is 1. The van der Waals surface area contributed by atoms with E-state index in [0.29, 0.717) is 17.7 Å². The minimum atomic E-state index is -1.02. The molecule has 0 bridgehead atoms. The summed E-state index contributed by atoms with van der Waals surface area (Å²) in [5, 5.41) is 15.5. The van der Waals surface area contributed by atoms with Crippen molar-refractivity contribution in [2.75, 3.05) is 13.1 Å². The van der Waals surface area contributed by atoms with Crippen LogP contribution in [0.1, 0.15) is 53.3 Å². The van der Waals surface area contributed by atoms with Crippen LogP contribution in [0.15, 0.2) is 47.7 Å². The maximum atomic E-state index is 14.3. The van der Waals surface area contributed by atoms with E-state index in [4.69, 9.17) is 0 Å². The summed E-state index contributed by atoms with van der Waals surface area (Å²) in [7, 11) is 1.63. The van der Waals surface area contributed by atoms with E-state index in [1.165, 1.54) is 26.5 Å². The molecule has 1 aliphatic heterocycles. The van der Waals surface area contributed by atoms with Gasteiger partial charge in [0, 0.05) is 44.4 Å². The summed E-state index contributed by atoms with van der Waals surface area (Å²) in [6.45, 7) is 1.77. The molecule has 3 aromatic heterocycles. The van der Waals surface area contributed by atoms with Crippen molar-refractivity contribution in [3.05, 3.63) is 93.3 Å². The summed E-state index contributed by atoms with van der Waals surface area (Å²) >= 11 is 0. The van der Waals surface area contributed by atoms with Gasteiger partial charge in [0.25, 0.3) is 11.5 Å². The van der Waals surface area contributed by atoms with Gasteiger partial charge in [-0.1, -0.05) is 6.92 Å². The van der Waals surface area contributed by atoms with Crippen LogP contribution >= 0.6 is 0 Å². The Labute approximate surface area is 225 Å². The van der Waals surface area contributed by atoms with Crippen LogP contribution in [0.3, 0.4) is 0 Å². The zero-order valence-corrected chi connectivity index (χ0v) is 21.5.